The molecule has 2 heteroatoms. The average Bonchev–Trinajstić information content (AvgIpc) is 1.54. The van der Waals surface area contributed by atoms with Crippen molar-refractivity contribution in [2.75, 3.05) is 9.80 Å². The molecule has 16 aromatic carbocycles. The zero-order valence-corrected chi connectivity index (χ0v) is 60.0. The molecule has 0 unspecified atom stereocenters. The summed E-state index contributed by atoms with van der Waals surface area (Å²) in [6, 6.07) is 148. The Hall–Kier alpha value is -12.9. The van der Waals surface area contributed by atoms with Gasteiger partial charge in [-0.15, -0.1) is 0 Å². The van der Waals surface area contributed by atoms with Crippen molar-refractivity contribution in [1.82, 2.24) is 0 Å². The molecule has 0 N–H and O–H groups in total. The van der Waals surface area contributed by atoms with Crippen LogP contribution >= 0.6 is 0 Å². The number of nitrogens with zero attached hydrogens (tertiary/aromatic N) is 2. The first-order valence-corrected chi connectivity index (χ1v) is 37.2. The second-order valence-electron chi connectivity index (χ2n) is 29.8. The Morgan fingerprint density at radius 2 is 0.462 bits per heavy atom. The molecule has 106 heavy (non-hydrogen) atoms. The van der Waals surface area contributed by atoms with Crippen molar-refractivity contribution in [2.24, 2.45) is 0 Å². The third-order valence-electron chi connectivity index (χ3n) is 23.5. The Balaban J connectivity index is 0.000000149. The third-order valence-corrected chi connectivity index (χ3v) is 23.5. The molecule has 16 aromatic rings. The first kappa shape index (κ1) is 64.0. The van der Waals surface area contributed by atoms with Crippen molar-refractivity contribution in [3.05, 3.63) is 467 Å². The molecule has 0 heterocycles. The van der Waals surface area contributed by atoms with Gasteiger partial charge in [0.05, 0.1) is 16.5 Å². The largest absolute Gasteiger partial charge is 0.310 e. The minimum atomic E-state index is -0.479. The highest BCUT2D eigenvalue weighted by Crippen LogP contribution is 2.60. The summed E-state index contributed by atoms with van der Waals surface area (Å²) < 4.78 is 0. The zero-order valence-electron chi connectivity index (χ0n) is 60.0. The van der Waals surface area contributed by atoms with Crippen LogP contribution in [0.1, 0.15) is 94.5 Å². The third kappa shape index (κ3) is 9.99. The lowest BCUT2D eigenvalue weighted by molar-refractivity contribution is 0.660. The molecular weight excluding hydrogens is 1280 g/mol. The van der Waals surface area contributed by atoms with E-state index < -0.39 is 10.8 Å². The summed E-state index contributed by atoms with van der Waals surface area (Å²) in [5, 5.41) is 0. The van der Waals surface area contributed by atoms with Gasteiger partial charge in [-0.3, -0.25) is 0 Å². The van der Waals surface area contributed by atoms with Crippen LogP contribution in [0.15, 0.2) is 400 Å². The number of hydrogen-bond donors (Lipinski definition) is 0. The van der Waals surface area contributed by atoms with Gasteiger partial charge in [0, 0.05) is 44.8 Å². The van der Waals surface area contributed by atoms with Crippen LogP contribution in [0.25, 0.3) is 66.8 Å². The number of anilines is 6. The molecule has 0 spiro atoms. The molecule has 0 fully saturated rings. The number of rotatable bonds is 12. The molecule has 0 bridgehead atoms. The molecule has 0 aliphatic heterocycles. The Labute approximate surface area is 623 Å². The predicted molar refractivity (Wildman–Crippen MR) is 443 cm³/mol. The lowest BCUT2D eigenvalue weighted by Gasteiger charge is -2.35. The molecule has 0 radical (unpaired) electrons. The summed E-state index contributed by atoms with van der Waals surface area (Å²) in [4.78, 5) is 4.89. The normalized spacial score (nSPS) is 14.2. The van der Waals surface area contributed by atoms with E-state index in [1.54, 1.807) is 0 Å². The van der Waals surface area contributed by atoms with E-state index in [1.807, 2.05) is 0 Å². The summed E-state index contributed by atoms with van der Waals surface area (Å²) in [6.45, 7) is 9.44. The molecular formula is C104H78N2. The standard InChI is InChI=1S/C58H43N.C46H35N/c1-57(2)52-28-13-9-25-48(52)51-37-36-46(39-55(51)57)59(45-34-32-41(33-35-45)40-18-5-3-6-19-40)56-31-16-12-24-47(56)42-20-17-23-44(38-42)58(43-21-7-4-8-22-43)53-29-14-10-26-49(53)50-27-11-15-30-54(50)58;1-45(2)41-25-12-9-22-37(41)40-29-28-36(31-44(40)45)47(34-19-7-4-8-20-34)35-21-15-18-33(30-35)46(32-16-5-3-6-17-32)42-26-13-10-23-38(42)39-24-11-14-27-43(39)46/h3-39H,1-2H3;3-31H,1-2H3. The Morgan fingerprint density at radius 1 is 0.170 bits per heavy atom. The van der Waals surface area contributed by atoms with Crippen LogP contribution in [0.3, 0.4) is 0 Å². The monoisotopic (exact) mass is 1350 g/mol. The van der Waals surface area contributed by atoms with Crippen LogP contribution < -0.4 is 9.80 Å². The van der Waals surface area contributed by atoms with Crippen molar-refractivity contribution in [3.8, 4) is 66.8 Å². The van der Waals surface area contributed by atoms with Gasteiger partial charge in [-0.25, -0.2) is 0 Å². The van der Waals surface area contributed by atoms with Gasteiger partial charge >= 0.3 is 0 Å². The molecule has 4 aliphatic rings. The van der Waals surface area contributed by atoms with Gasteiger partial charge in [0.2, 0.25) is 0 Å². The van der Waals surface area contributed by atoms with Gasteiger partial charge in [0.15, 0.2) is 0 Å². The molecule has 4 aliphatic carbocycles. The molecule has 0 saturated heterocycles. The summed E-state index contributed by atoms with van der Waals surface area (Å²) in [5.74, 6) is 0. The maximum Gasteiger partial charge on any atom is 0.0714 e. The van der Waals surface area contributed by atoms with Crippen LogP contribution in [-0.2, 0) is 21.7 Å². The Kier molecular flexibility index (Phi) is 15.4. The van der Waals surface area contributed by atoms with E-state index in [0.29, 0.717) is 0 Å². The van der Waals surface area contributed by atoms with Crippen LogP contribution in [0.5, 0.6) is 0 Å². The van der Waals surface area contributed by atoms with Crippen molar-refractivity contribution in [3.63, 3.8) is 0 Å². The molecule has 504 valence electrons. The highest BCUT2D eigenvalue weighted by Gasteiger charge is 2.48. The minimum Gasteiger partial charge on any atom is -0.310 e. The number of fused-ring (bicyclic) bond motifs is 12. The van der Waals surface area contributed by atoms with Crippen molar-refractivity contribution < 1.29 is 0 Å². The van der Waals surface area contributed by atoms with Crippen LogP contribution in [0, 0.1) is 0 Å². The van der Waals surface area contributed by atoms with Crippen molar-refractivity contribution >= 4 is 34.1 Å². The first-order valence-electron chi connectivity index (χ1n) is 37.2. The van der Waals surface area contributed by atoms with E-state index in [1.165, 1.54) is 134 Å². The predicted octanol–water partition coefficient (Wildman–Crippen LogP) is 27.0. The summed E-state index contributed by atoms with van der Waals surface area (Å²) >= 11 is 0. The van der Waals surface area contributed by atoms with Crippen LogP contribution in [-0.4, -0.2) is 0 Å². The molecule has 0 amide bonds. The minimum absolute atomic E-state index is 0.0826. The second-order valence-corrected chi connectivity index (χ2v) is 29.8. The lowest BCUT2D eigenvalue weighted by atomic mass is 9.67. The van der Waals surface area contributed by atoms with Crippen LogP contribution in [0.4, 0.5) is 34.1 Å². The summed E-state index contributed by atoms with van der Waals surface area (Å²) in [5.41, 5.74) is 36.8. The second kappa shape index (κ2) is 25.5. The molecule has 20 rings (SSSR count). The highest BCUT2D eigenvalue weighted by atomic mass is 15.1. The van der Waals surface area contributed by atoms with E-state index >= 15 is 0 Å². The van der Waals surface area contributed by atoms with Crippen molar-refractivity contribution in [2.45, 2.75) is 49.4 Å². The average molecular weight is 1360 g/mol. The fourth-order valence-electron chi connectivity index (χ4n) is 18.7. The van der Waals surface area contributed by atoms with Gasteiger partial charge in [-0.2, -0.15) is 0 Å². The maximum absolute atomic E-state index is 2.46. The van der Waals surface area contributed by atoms with E-state index in [9.17, 15) is 0 Å². The highest BCUT2D eigenvalue weighted by molar-refractivity contribution is 5.94. The van der Waals surface area contributed by atoms with Gasteiger partial charge in [0.25, 0.3) is 0 Å². The summed E-state index contributed by atoms with van der Waals surface area (Å²) in [6.07, 6.45) is 0. The topological polar surface area (TPSA) is 6.48 Å². The van der Waals surface area contributed by atoms with Gasteiger partial charge in [-0.1, -0.05) is 355 Å². The Morgan fingerprint density at radius 3 is 0.934 bits per heavy atom. The number of para-hydroxylation sites is 2. The van der Waals surface area contributed by atoms with Gasteiger partial charge in [0.1, 0.15) is 0 Å². The summed E-state index contributed by atoms with van der Waals surface area (Å²) in [7, 11) is 0. The van der Waals surface area contributed by atoms with Crippen LogP contribution in [0.2, 0.25) is 0 Å². The SMILES string of the molecule is CC1(C)c2ccccc2-c2ccc(N(c3ccc(-c4ccccc4)cc3)c3ccccc3-c3cccc(C4(c5ccccc5)c5ccccc5-c5ccccc54)c3)cc21.CC1(C)c2ccccc2-c2ccc(N(c3ccccc3)c3cccc(C4(c5ccccc5)c5ccccc5-c5ccccc54)c3)cc21. The molecule has 0 atom stereocenters. The number of benzene rings is 16. The van der Waals surface area contributed by atoms with E-state index in [2.05, 4.69) is 438 Å². The molecule has 0 saturated carbocycles. The van der Waals surface area contributed by atoms with E-state index in [0.717, 1.165) is 34.1 Å². The smallest absolute Gasteiger partial charge is 0.0714 e. The fourth-order valence-corrected chi connectivity index (χ4v) is 18.7. The van der Waals surface area contributed by atoms with E-state index in [-0.39, 0.29) is 10.8 Å². The van der Waals surface area contributed by atoms with Crippen molar-refractivity contribution in [1.29, 1.82) is 0 Å². The lowest BCUT2D eigenvalue weighted by Crippen LogP contribution is -2.28. The molecule has 2 nitrogen and oxygen atoms in total. The van der Waals surface area contributed by atoms with E-state index in [4.69, 9.17) is 0 Å². The number of hydrogen-bond acceptors (Lipinski definition) is 2. The quantitative estimate of drug-likeness (QED) is 0.120. The zero-order chi connectivity index (χ0) is 71.1. The molecule has 0 aromatic heterocycles. The fraction of sp³-hybridized carbons (Fsp3) is 0.0769. The maximum atomic E-state index is 2.46. The Bertz CT molecular complexity index is 5940. The van der Waals surface area contributed by atoms with Gasteiger partial charge in [-0.05, 0) is 201 Å². The first-order chi connectivity index (χ1) is 52.1. The van der Waals surface area contributed by atoms with Gasteiger partial charge < -0.3 is 9.80 Å².